The van der Waals surface area contributed by atoms with Crippen LogP contribution in [0.2, 0.25) is 0 Å². The number of fused-ring (bicyclic) bond motifs is 1. The van der Waals surface area contributed by atoms with E-state index in [1.807, 2.05) is 19.2 Å². The fraction of sp³-hybridized carbons (Fsp3) is 0.214. The monoisotopic (exact) mass is 302 g/mol. The first kappa shape index (κ1) is 13.3. The van der Waals surface area contributed by atoms with Gasteiger partial charge in [0, 0.05) is 34.6 Å². The van der Waals surface area contributed by atoms with Crippen LogP contribution in [0.1, 0.15) is 11.8 Å². The van der Waals surface area contributed by atoms with Gasteiger partial charge >= 0.3 is 0 Å². The SMILES string of the molecule is CCc1cc2c(Sc3ccncc3)nc(NC)nc2s1. The Kier molecular flexibility index (Phi) is 3.84. The minimum absolute atomic E-state index is 0.665. The van der Waals surface area contributed by atoms with Crippen LogP contribution in [0.25, 0.3) is 10.2 Å². The standard InChI is InChI=1S/C14H14N4S2/c1-3-9-8-11-12(19-9)17-14(15-2)18-13(11)20-10-4-6-16-7-5-10/h4-8H,3H2,1-2H3,(H,15,17,18). The summed E-state index contributed by atoms with van der Waals surface area (Å²) in [5.74, 6) is 0.665. The third kappa shape index (κ3) is 2.62. The number of nitrogens with one attached hydrogen (secondary N) is 1. The molecule has 1 N–H and O–H groups in total. The van der Waals surface area contributed by atoms with E-state index in [9.17, 15) is 0 Å². The number of thiophene rings is 1. The van der Waals surface area contributed by atoms with Crippen molar-refractivity contribution in [3.63, 3.8) is 0 Å². The van der Waals surface area contributed by atoms with E-state index >= 15 is 0 Å². The Balaban J connectivity index is 2.09. The van der Waals surface area contributed by atoms with Crippen LogP contribution in [0.5, 0.6) is 0 Å². The van der Waals surface area contributed by atoms with Gasteiger partial charge in [0.1, 0.15) is 9.86 Å². The summed E-state index contributed by atoms with van der Waals surface area (Å²) < 4.78 is 0. The number of aryl methyl sites for hydroxylation is 1. The zero-order valence-electron chi connectivity index (χ0n) is 11.3. The lowest BCUT2D eigenvalue weighted by atomic mass is 10.3. The van der Waals surface area contributed by atoms with E-state index in [0.29, 0.717) is 5.95 Å². The molecule has 3 rings (SSSR count). The Morgan fingerprint density at radius 1 is 1.25 bits per heavy atom. The molecule has 0 fully saturated rings. The lowest BCUT2D eigenvalue weighted by Gasteiger charge is -2.04. The van der Waals surface area contributed by atoms with Gasteiger partial charge < -0.3 is 5.32 Å². The summed E-state index contributed by atoms with van der Waals surface area (Å²) in [5, 5.41) is 5.15. The van der Waals surface area contributed by atoms with Crippen LogP contribution in [0.3, 0.4) is 0 Å². The Labute approximate surface area is 125 Å². The van der Waals surface area contributed by atoms with Crippen molar-refractivity contribution < 1.29 is 0 Å². The third-order valence-corrected chi connectivity index (χ3v) is 5.03. The summed E-state index contributed by atoms with van der Waals surface area (Å²) in [6.45, 7) is 2.16. The first-order valence-corrected chi connectivity index (χ1v) is 7.99. The Bertz CT molecular complexity index is 725. The quantitative estimate of drug-likeness (QED) is 0.742. The molecule has 0 saturated heterocycles. The van der Waals surface area contributed by atoms with Crippen LogP contribution in [-0.4, -0.2) is 22.0 Å². The summed E-state index contributed by atoms with van der Waals surface area (Å²) in [7, 11) is 1.84. The molecule has 6 heteroatoms. The first-order valence-electron chi connectivity index (χ1n) is 6.36. The molecule has 0 aliphatic carbocycles. The number of anilines is 1. The zero-order valence-corrected chi connectivity index (χ0v) is 12.9. The minimum atomic E-state index is 0.665. The maximum atomic E-state index is 4.59. The van der Waals surface area contributed by atoms with Gasteiger partial charge in [-0.3, -0.25) is 4.98 Å². The smallest absolute Gasteiger partial charge is 0.224 e. The summed E-state index contributed by atoms with van der Waals surface area (Å²) in [4.78, 5) is 16.7. The maximum Gasteiger partial charge on any atom is 0.224 e. The zero-order chi connectivity index (χ0) is 13.9. The highest BCUT2D eigenvalue weighted by atomic mass is 32.2. The average Bonchev–Trinajstić information content (AvgIpc) is 2.91. The number of aromatic nitrogens is 3. The predicted molar refractivity (Wildman–Crippen MR) is 84.7 cm³/mol. The number of rotatable bonds is 4. The summed E-state index contributed by atoms with van der Waals surface area (Å²) in [5.41, 5.74) is 0. The van der Waals surface area contributed by atoms with E-state index in [1.165, 1.54) is 4.88 Å². The van der Waals surface area contributed by atoms with Crippen molar-refractivity contribution in [2.24, 2.45) is 0 Å². The molecule has 3 aromatic rings. The molecule has 0 amide bonds. The second kappa shape index (κ2) is 5.76. The molecule has 0 unspecified atom stereocenters. The highest BCUT2D eigenvalue weighted by Crippen LogP contribution is 2.35. The average molecular weight is 302 g/mol. The molecule has 0 radical (unpaired) electrons. The van der Waals surface area contributed by atoms with E-state index in [-0.39, 0.29) is 0 Å². The second-order valence-corrected chi connectivity index (χ2v) is 6.35. The molecule has 0 saturated carbocycles. The molecule has 0 bridgehead atoms. The number of hydrogen-bond donors (Lipinski definition) is 1. The van der Waals surface area contributed by atoms with Crippen molar-refractivity contribution in [3.8, 4) is 0 Å². The van der Waals surface area contributed by atoms with Crippen molar-refractivity contribution >= 4 is 39.3 Å². The molecule has 0 aliphatic rings. The van der Waals surface area contributed by atoms with E-state index in [4.69, 9.17) is 0 Å². The molecular formula is C14H14N4S2. The Morgan fingerprint density at radius 3 is 2.75 bits per heavy atom. The predicted octanol–water partition coefficient (Wildman–Crippen LogP) is 3.84. The van der Waals surface area contributed by atoms with Crippen LogP contribution >= 0.6 is 23.1 Å². The van der Waals surface area contributed by atoms with Crippen LogP contribution < -0.4 is 5.32 Å². The van der Waals surface area contributed by atoms with Crippen LogP contribution in [0.15, 0.2) is 40.5 Å². The van der Waals surface area contributed by atoms with E-state index in [2.05, 4.69) is 33.3 Å². The van der Waals surface area contributed by atoms with Crippen molar-refractivity contribution in [3.05, 3.63) is 35.5 Å². The van der Waals surface area contributed by atoms with Crippen molar-refractivity contribution in [1.29, 1.82) is 0 Å². The summed E-state index contributed by atoms with van der Waals surface area (Å²) in [6, 6.07) is 6.18. The topological polar surface area (TPSA) is 50.7 Å². The molecule has 0 atom stereocenters. The van der Waals surface area contributed by atoms with Crippen LogP contribution in [0.4, 0.5) is 5.95 Å². The fourth-order valence-corrected chi connectivity index (χ4v) is 3.74. The third-order valence-electron chi connectivity index (χ3n) is 2.85. The highest BCUT2D eigenvalue weighted by molar-refractivity contribution is 7.99. The van der Waals surface area contributed by atoms with Gasteiger partial charge in [-0.15, -0.1) is 11.3 Å². The molecular weight excluding hydrogens is 288 g/mol. The van der Waals surface area contributed by atoms with Gasteiger partial charge in [-0.1, -0.05) is 18.7 Å². The van der Waals surface area contributed by atoms with E-state index in [1.54, 1.807) is 35.5 Å². The Morgan fingerprint density at radius 2 is 2.05 bits per heavy atom. The molecule has 4 nitrogen and oxygen atoms in total. The maximum absolute atomic E-state index is 4.59. The largest absolute Gasteiger partial charge is 0.357 e. The van der Waals surface area contributed by atoms with Crippen molar-refractivity contribution in [2.75, 3.05) is 12.4 Å². The van der Waals surface area contributed by atoms with Gasteiger partial charge in [-0.2, -0.15) is 0 Å². The van der Waals surface area contributed by atoms with E-state index < -0.39 is 0 Å². The van der Waals surface area contributed by atoms with E-state index in [0.717, 1.165) is 26.6 Å². The summed E-state index contributed by atoms with van der Waals surface area (Å²) in [6.07, 6.45) is 4.62. The van der Waals surface area contributed by atoms with Crippen molar-refractivity contribution in [1.82, 2.24) is 15.0 Å². The molecule has 0 spiro atoms. The lowest BCUT2D eigenvalue weighted by Crippen LogP contribution is -1.96. The second-order valence-electron chi connectivity index (χ2n) is 4.17. The van der Waals surface area contributed by atoms with Crippen molar-refractivity contribution in [2.45, 2.75) is 23.3 Å². The highest BCUT2D eigenvalue weighted by Gasteiger charge is 2.12. The number of pyridine rings is 1. The first-order chi connectivity index (χ1) is 9.80. The minimum Gasteiger partial charge on any atom is -0.357 e. The molecule has 102 valence electrons. The Hall–Kier alpha value is -1.66. The fourth-order valence-electron chi connectivity index (χ4n) is 1.83. The summed E-state index contributed by atoms with van der Waals surface area (Å²) >= 11 is 3.38. The molecule has 0 aromatic carbocycles. The van der Waals surface area contributed by atoms with Gasteiger partial charge in [-0.05, 0) is 24.6 Å². The van der Waals surface area contributed by atoms with Crippen LogP contribution in [0, 0.1) is 0 Å². The van der Waals surface area contributed by atoms with Gasteiger partial charge in [-0.25, -0.2) is 9.97 Å². The molecule has 20 heavy (non-hydrogen) atoms. The molecule has 0 aliphatic heterocycles. The molecule has 3 heterocycles. The van der Waals surface area contributed by atoms with Gasteiger partial charge in [0.05, 0.1) is 0 Å². The normalized spacial score (nSPS) is 10.9. The van der Waals surface area contributed by atoms with Gasteiger partial charge in [0.15, 0.2) is 0 Å². The number of hydrogen-bond acceptors (Lipinski definition) is 6. The number of nitrogens with zero attached hydrogens (tertiary/aromatic N) is 3. The van der Waals surface area contributed by atoms with Gasteiger partial charge in [0.2, 0.25) is 5.95 Å². The lowest BCUT2D eigenvalue weighted by molar-refractivity contribution is 1.10. The van der Waals surface area contributed by atoms with Crippen LogP contribution in [-0.2, 0) is 6.42 Å². The molecule has 3 aromatic heterocycles. The van der Waals surface area contributed by atoms with Gasteiger partial charge in [0.25, 0.3) is 0 Å².